The molecule has 0 saturated heterocycles. The Morgan fingerprint density at radius 3 is 2.33 bits per heavy atom. The van der Waals surface area contributed by atoms with Crippen molar-refractivity contribution in [3.63, 3.8) is 0 Å². The van der Waals surface area contributed by atoms with E-state index in [0.29, 0.717) is 0 Å². The Labute approximate surface area is 96.3 Å². The van der Waals surface area contributed by atoms with Gasteiger partial charge in [-0.05, 0) is 9.91 Å². The van der Waals surface area contributed by atoms with Crippen molar-refractivity contribution in [3.05, 3.63) is 27.4 Å². The summed E-state index contributed by atoms with van der Waals surface area (Å²) in [5.74, 6) is -2.03. The minimum Gasteiger partial charge on any atom is -0.489 e. The molecule has 0 unspecified atom stereocenters. The summed E-state index contributed by atoms with van der Waals surface area (Å²) in [6.07, 6.45) is -8.70. The van der Waals surface area contributed by atoms with Crippen molar-refractivity contribution in [2.24, 2.45) is 0 Å². The fraction of sp³-hybridized carbons (Fsp3) is 0.375. The Morgan fingerprint density at radius 1 is 1.44 bits per heavy atom. The molecule has 18 heavy (non-hydrogen) atoms. The first-order valence-electron chi connectivity index (χ1n) is 4.27. The summed E-state index contributed by atoms with van der Waals surface area (Å²) in [5.41, 5.74) is -3.46. The number of hydrogen-bond donors (Lipinski definition) is 0. The van der Waals surface area contributed by atoms with Crippen LogP contribution in [0.1, 0.15) is 17.7 Å². The molecule has 1 aromatic heterocycles. The van der Waals surface area contributed by atoms with E-state index < -0.39 is 40.3 Å². The molecule has 100 valence electrons. The summed E-state index contributed by atoms with van der Waals surface area (Å²) >= 11 is 0. The number of halogens is 5. The van der Waals surface area contributed by atoms with E-state index in [2.05, 4.69) is 9.72 Å². The van der Waals surface area contributed by atoms with Crippen LogP contribution in [-0.4, -0.2) is 17.0 Å². The van der Waals surface area contributed by atoms with Gasteiger partial charge in [0.2, 0.25) is 5.75 Å². The SMILES string of the molecule is COc1cc(C(F)F)c(C(F)(F)F)nc1[N+](=O)[O-]. The molecule has 0 aliphatic heterocycles. The van der Waals surface area contributed by atoms with Gasteiger partial charge in [0, 0.05) is 6.07 Å². The zero-order valence-corrected chi connectivity index (χ0v) is 8.66. The lowest BCUT2D eigenvalue weighted by Gasteiger charge is -2.09. The molecule has 10 heteroatoms. The lowest BCUT2D eigenvalue weighted by molar-refractivity contribution is -0.391. The van der Waals surface area contributed by atoms with Crippen LogP contribution >= 0.6 is 0 Å². The molecule has 0 fully saturated rings. The fourth-order valence-corrected chi connectivity index (χ4v) is 1.17. The maximum atomic E-state index is 12.4. The predicted octanol–water partition coefficient (Wildman–Crippen LogP) is 2.95. The number of rotatable bonds is 3. The first kappa shape index (κ1) is 14.1. The third-order valence-corrected chi connectivity index (χ3v) is 1.89. The molecule has 1 heterocycles. The molecule has 0 N–H and O–H groups in total. The van der Waals surface area contributed by atoms with Gasteiger partial charge in [-0.15, -0.1) is 0 Å². The first-order valence-corrected chi connectivity index (χ1v) is 4.27. The molecule has 0 atom stereocenters. The molecular weight excluding hydrogens is 267 g/mol. The highest BCUT2D eigenvalue weighted by Crippen LogP contribution is 2.39. The van der Waals surface area contributed by atoms with Gasteiger partial charge in [-0.2, -0.15) is 13.2 Å². The van der Waals surface area contributed by atoms with Gasteiger partial charge in [-0.1, -0.05) is 0 Å². The van der Waals surface area contributed by atoms with Crippen molar-refractivity contribution in [2.75, 3.05) is 7.11 Å². The van der Waals surface area contributed by atoms with Crippen molar-refractivity contribution in [1.82, 2.24) is 4.98 Å². The van der Waals surface area contributed by atoms with E-state index >= 15 is 0 Å². The van der Waals surface area contributed by atoms with E-state index in [0.717, 1.165) is 7.11 Å². The number of hydrogen-bond acceptors (Lipinski definition) is 4. The third-order valence-electron chi connectivity index (χ3n) is 1.89. The fourth-order valence-electron chi connectivity index (χ4n) is 1.17. The van der Waals surface area contributed by atoms with E-state index in [-0.39, 0.29) is 6.07 Å². The van der Waals surface area contributed by atoms with Crippen LogP contribution in [0.4, 0.5) is 27.8 Å². The number of nitrogens with zero attached hydrogens (tertiary/aromatic N) is 2. The second-order valence-corrected chi connectivity index (χ2v) is 3.01. The van der Waals surface area contributed by atoms with Crippen LogP contribution in [0.2, 0.25) is 0 Å². The van der Waals surface area contributed by atoms with Crippen LogP contribution in [0.3, 0.4) is 0 Å². The van der Waals surface area contributed by atoms with Gasteiger partial charge in [0.05, 0.1) is 12.7 Å². The van der Waals surface area contributed by atoms with Crippen molar-refractivity contribution in [2.45, 2.75) is 12.6 Å². The highest BCUT2D eigenvalue weighted by atomic mass is 19.4. The maximum absolute atomic E-state index is 12.4. The van der Waals surface area contributed by atoms with Gasteiger partial charge in [-0.25, -0.2) is 8.78 Å². The summed E-state index contributed by atoms with van der Waals surface area (Å²) in [7, 11) is 0.895. The Morgan fingerprint density at radius 2 is 2.00 bits per heavy atom. The molecule has 0 radical (unpaired) electrons. The van der Waals surface area contributed by atoms with Crippen molar-refractivity contribution in [1.29, 1.82) is 0 Å². The van der Waals surface area contributed by atoms with Gasteiger partial charge >= 0.3 is 12.0 Å². The lowest BCUT2D eigenvalue weighted by Crippen LogP contribution is -2.14. The van der Waals surface area contributed by atoms with E-state index in [9.17, 15) is 32.1 Å². The molecule has 0 aromatic carbocycles. The normalized spacial score (nSPS) is 11.7. The Kier molecular flexibility index (Phi) is 3.67. The van der Waals surface area contributed by atoms with Crippen LogP contribution in [0, 0.1) is 10.1 Å². The average molecular weight is 272 g/mol. The van der Waals surface area contributed by atoms with Gasteiger partial charge in [0.25, 0.3) is 12.1 Å². The Hall–Kier alpha value is -2.00. The van der Waals surface area contributed by atoms with Crippen LogP contribution < -0.4 is 4.74 Å². The second kappa shape index (κ2) is 4.70. The number of methoxy groups -OCH3 is 1. The monoisotopic (exact) mass is 272 g/mol. The van der Waals surface area contributed by atoms with Gasteiger partial charge in [0.15, 0.2) is 0 Å². The van der Waals surface area contributed by atoms with Gasteiger partial charge in [-0.3, -0.25) is 0 Å². The number of ether oxygens (including phenoxy) is 1. The Balaban J connectivity index is 3.58. The number of nitro groups is 1. The van der Waals surface area contributed by atoms with Crippen LogP contribution in [0.25, 0.3) is 0 Å². The summed E-state index contributed by atoms with van der Waals surface area (Å²) in [6.45, 7) is 0. The molecule has 0 aliphatic rings. The van der Waals surface area contributed by atoms with E-state index in [1.165, 1.54) is 0 Å². The van der Waals surface area contributed by atoms with Gasteiger partial charge in [0.1, 0.15) is 0 Å². The minimum atomic E-state index is -5.22. The smallest absolute Gasteiger partial charge is 0.458 e. The molecule has 0 saturated carbocycles. The lowest BCUT2D eigenvalue weighted by atomic mass is 10.2. The first-order chi connectivity index (χ1) is 8.18. The van der Waals surface area contributed by atoms with Gasteiger partial charge < -0.3 is 14.9 Å². The molecule has 1 aromatic rings. The molecule has 0 spiro atoms. The van der Waals surface area contributed by atoms with E-state index in [1.807, 2.05) is 0 Å². The summed E-state index contributed by atoms with van der Waals surface area (Å²) < 4.78 is 66.5. The summed E-state index contributed by atoms with van der Waals surface area (Å²) in [6, 6.07) is 0.263. The standard InChI is InChI=1S/C8H5F5N2O3/c1-18-4-2-3(6(9)10)5(8(11,12)13)14-7(4)15(16)17/h2,6H,1H3. The zero-order valence-electron chi connectivity index (χ0n) is 8.66. The van der Waals surface area contributed by atoms with Crippen molar-refractivity contribution in [3.8, 4) is 5.75 Å². The molecule has 0 bridgehead atoms. The highest BCUT2D eigenvalue weighted by molar-refractivity contribution is 5.45. The molecule has 0 aliphatic carbocycles. The molecule has 0 amide bonds. The minimum absolute atomic E-state index is 0.263. The maximum Gasteiger partial charge on any atom is 0.458 e. The topological polar surface area (TPSA) is 65.3 Å². The van der Waals surface area contributed by atoms with Crippen LogP contribution in [0.5, 0.6) is 5.75 Å². The predicted molar refractivity (Wildman–Crippen MR) is 47.4 cm³/mol. The van der Waals surface area contributed by atoms with E-state index in [1.54, 1.807) is 0 Å². The molecule has 1 rings (SSSR count). The second-order valence-electron chi connectivity index (χ2n) is 3.01. The quantitative estimate of drug-likeness (QED) is 0.482. The van der Waals surface area contributed by atoms with Crippen molar-refractivity contribution < 1.29 is 31.6 Å². The number of pyridine rings is 1. The molecular formula is C8H5F5N2O3. The molecule has 5 nitrogen and oxygen atoms in total. The Bertz CT molecular complexity index is 475. The summed E-state index contributed by atoms with van der Waals surface area (Å²) in [4.78, 5) is 11.8. The summed E-state index contributed by atoms with van der Waals surface area (Å²) in [5, 5.41) is 10.4. The highest BCUT2D eigenvalue weighted by Gasteiger charge is 2.44. The largest absolute Gasteiger partial charge is 0.489 e. The van der Waals surface area contributed by atoms with Crippen LogP contribution in [-0.2, 0) is 6.18 Å². The van der Waals surface area contributed by atoms with Crippen molar-refractivity contribution >= 4 is 5.82 Å². The van der Waals surface area contributed by atoms with E-state index in [4.69, 9.17) is 0 Å². The third kappa shape index (κ3) is 2.63. The average Bonchev–Trinajstić information content (AvgIpc) is 2.25. The number of aromatic nitrogens is 1. The number of alkyl halides is 5. The van der Waals surface area contributed by atoms with Crippen LogP contribution in [0.15, 0.2) is 6.07 Å². The zero-order chi connectivity index (χ0) is 14.1.